The van der Waals surface area contributed by atoms with Crippen molar-refractivity contribution >= 4 is 15.7 Å². The van der Waals surface area contributed by atoms with Crippen molar-refractivity contribution in [1.29, 1.82) is 0 Å². The molecule has 2 rings (SSSR count). The fraction of sp³-hybridized carbons (Fsp3) is 0.500. The van der Waals surface area contributed by atoms with E-state index >= 15 is 0 Å². The van der Waals surface area contributed by atoms with Crippen LogP contribution in [0.15, 0.2) is 23.1 Å². The predicted molar refractivity (Wildman–Crippen MR) is 69.4 cm³/mol. The predicted octanol–water partition coefficient (Wildman–Crippen LogP) is 0.943. The van der Waals surface area contributed by atoms with E-state index in [1.165, 1.54) is 16.4 Å². The molecule has 1 aromatic carbocycles. The quantitative estimate of drug-likeness (QED) is 0.793. The van der Waals surface area contributed by atoms with E-state index in [1.807, 2.05) is 0 Å². The number of hydrogen-bond acceptors (Lipinski definition) is 4. The molecule has 0 saturated carbocycles. The first-order valence-corrected chi connectivity index (χ1v) is 7.44. The van der Waals surface area contributed by atoms with E-state index in [0.29, 0.717) is 12.8 Å². The molecular weight excluding hydrogens is 271 g/mol. The van der Waals surface area contributed by atoms with Crippen LogP contribution in [0.2, 0.25) is 0 Å². The normalized spacial score (nSPS) is 20.4. The van der Waals surface area contributed by atoms with Gasteiger partial charge in [0.1, 0.15) is 10.7 Å². The Hall–Kier alpha value is -1.18. The van der Waals surface area contributed by atoms with E-state index in [2.05, 4.69) is 0 Å². The van der Waals surface area contributed by atoms with Crippen molar-refractivity contribution in [3.05, 3.63) is 24.0 Å². The summed E-state index contributed by atoms with van der Waals surface area (Å²) in [6, 6.07) is 3.52. The molecule has 5 nitrogen and oxygen atoms in total. The van der Waals surface area contributed by atoms with Gasteiger partial charge in [0.2, 0.25) is 10.0 Å². The summed E-state index contributed by atoms with van der Waals surface area (Å²) in [5.74, 6) is -0.850. The maximum Gasteiger partial charge on any atom is 0.245 e. The van der Waals surface area contributed by atoms with E-state index in [9.17, 15) is 17.9 Å². The summed E-state index contributed by atoms with van der Waals surface area (Å²) in [5.41, 5.74) is 4.73. The number of piperidine rings is 1. The highest BCUT2D eigenvalue weighted by molar-refractivity contribution is 7.89. The van der Waals surface area contributed by atoms with Gasteiger partial charge in [-0.05, 0) is 38.0 Å². The van der Waals surface area contributed by atoms with Crippen molar-refractivity contribution in [1.82, 2.24) is 4.31 Å². The Morgan fingerprint density at radius 3 is 2.47 bits per heavy atom. The number of anilines is 1. The molecule has 7 heteroatoms. The van der Waals surface area contributed by atoms with Crippen LogP contribution in [0.25, 0.3) is 0 Å². The lowest BCUT2D eigenvalue weighted by Crippen LogP contribution is -2.45. The molecule has 1 saturated heterocycles. The Bertz CT molecular complexity index is 577. The van der Waals surface area contributed by atoms with Gasteiger partial charge in [-0.1, -0.05) is 0 Å². The molecule has 106 valence electrons. The molecule has 0 bridgehead atoms. The number of nitrogen functional groups attached to an aromatic ring is 1. The molecule has 0 amide bonds. The van der Waals surface area contributed by atoms with Crippen LogP contribution in [0.4, 0.5) is 10.1 Å². The third-order valence-electron chi connectivity index (χ3n) is 3.37. The smallest absolute Gasteiger partial charge is 0.245 e. The van der Waals surface area contributed by atoms with Crippen molar-refractivity contribution in [2.24, 2.45) is 0 Å². The van der Waals surface area contributed by atoms with Gasteiger partial charge in [0, 0.05) is 18.8 Å². The minimum atomic E-state index is -3.87. The van der Waals surface area contributed by atoms with Gasteiger partial charge in [-0.3, -0.25) is 0 Å². The molecular formula is C12H17FN2O3S. The van der Waals surface area contributed by atoms with Crippen LogP contribution in [0.1, 0.15) is 19.8 Å². The van der Waals surface area contributed by atoms with E-state index < -0.39 is 21.4 Å². The second-order valence-electron chi connectivity index (χ2n) is 5.09. The van der Waals surface area contributed by atoms with E-state index in [-0.39, 0.29) is 23.7 Å². The summed E-state index contributed by atoms with van der Waals surface area (Å²) in [6.45, 7) is 2.03. The average molecular weight is 288 g/mol. The topological polar surface area (TPSA) is 83.6 Å². The number of hydrogen-bond donors (Lipinski definition) is 2. The molecule has 0 spiro atoms. The number of sulfonamides is 1. The lowest BCUT2D eigenvalue weighted by molar-refractivity contribution is 0.0126. The first-order valence-electron chi connectivity index (χ1n) is 6.00. The number of halogens is 1. The Kier molecular flexibility index (Phi) is 3.55. The van der Waals surface area contributed by atoms with Crippen LogP contribution in [0, 0.1) is 5.82 Å². The van der Waals surface area contributed by atoms with Gasteiger partial charge in [0.05, 0.1) is 5.60 Å². The van der Waals surface area contributed by atoms with Crippen molar-refractivity contribution in [3.63, 3.8) is 0 Å². The highest BCUT2D eigenvalue weighted by atomic mass is 32.2. The molecule has 0 aliphatic carbocycles. The van der Waals surface area contributed by atoms with Gasteiger partial charge in [0.15, 0.2) is 0 Å². The Morgan fingerprint density at radius 1 is 1.37 bits per heavy atom. The number of aliphatic hydroxyl groups is 1. The summed E-state index contributed by atoms with van der Waals surface area (Å²) < 4.78 is 39.5. The summed E-state index contributed by atoms with van der Waals surface area (Å²) in [6.07, 6.45) is 0.672. The van der Waals surface area contributed by atoms with Crippen LogP contribution in [-0.2, 0) is 10.0 Å². The van der Waals surface area contributed by atoms with Crippen molar-refractivity contribution in [3.8, 4) is 0 Å². The first kappa shape index (κ1) is 14.2. The van der Waals surface area contributed by atoms with Gasteiger partial charge in [-0.15, -0.1) is 0 Å². The molecule has 3 N–H and O–H groups in total. The Labute approximate surface area is 111 Å². The summed E-state index contributed by atoms with van der Waals surface area (Å²) in [5, 5.41) is 9.81. The Morgan fingerprint density at radius 2 is 1.95 bits per heavy atom. The monoisotopic (exact) mass is 288 g/mol. The van der Waals surface area contributed by atoms with Crippen LogP contribution in [0.3, 0.4) is 0 Å². The Balaban J connectivity index is 2.28. The zero-order valence-corrected chi connectivity index (χ0v) is 11.5. The zero-order chi connectivity index (χ0) is 14.3. The lowest BCUT2D eigenvalue weighted by atomic mass is 9.95. The fourth-order valence-corrected chi connectivity index (χ4v) is 3.56. The first-order chi connectivity index (χ1) is 8.72. The van der Waals surface area contributed by atoms with Crippen molar-refractivity contribution < 1.29 is 17.9 Å². The maximum atomic E-state index is 13.7. The lowest BCUT2D eigenvalue weighted by Gasteiger charge is -2.34. The molecule has 0 unspecified atom stereocenters. The van der Waals surface area contributed by atoms with Crippen LogP contribution in [-0.4, -0.2) is 36.5 Å². The molecule has 1 aliphatic rings. The van der Waals surface area contributed by atoms with Crippen LogP contribution >= 0.6 is 0 Å². The molecule has 19 heavy (non-hydrogen) atoms. The van der Waals surface area contributed by atoms with Gasteiger partial charge < -0.3 is 10.8 Å². The standard InChI is InChI=1S/C12H17FN2O3S/c1-12(16)4-6-15(7-5-12)19(17,18)11-3-2-9(14)8-10(11)13/h2-3,8,16H,4-7,14H2,1H3. The summed E-state index contributed by atoms with van der Waals surface area (Å²) in [4.78, 5) is -0.372. The molecule has 0 radical (unpaired) electrons. The van der Waals surface area contributed by atoms with Crippen LogP contribution in [0.5, 0.6) is 0 Å². The van der Waals surface area contributed by atoms with Crippen molar-refractivity contribution in [2.45, 2.75) is 30.3 Å². The molecule has 1 heterocycles. The molecule has 1 aromatic rings. The minimum Gasteiger partial charge on any atom is -0.399 e. The highest BCUT2D eigenvalue weighted by Gasteiger charge is 2.35. The largest absolute Gasteiger partial charge is 0.399 e. The average Bonchev–Trinajstić information content (AvgIpc) is 2.27. The van der Waals surface area contributed by atoms with E-state index in [4.69, 9.17) is 5.73 Å². The van der Waals surface area contributed by atoms with Gasteiger partial charge in [0.25, 0.3) is 0 Å². The molecule has 1 aliphatic heterocycles. The van der Waals surface area contributed by atoms with Crippen molar-refractivity contribution in [2.75, 3.05) is 18.8 Å². The van der Waals surface area contributed by atoms with Gasteiger partial charge in [-0.2, -0.15) is 4.31 Å². The molecule has 0 aromatic heterocycles. The minimum absolute atomic E-state index is 0.179. The van der Waals surface area contributed by atoms with Crippen LogP contribution < -0.4 is 5.73 Å². The summed E-state index contributed by atoms with van der Waals surface area (Å²) >= 11 is 0. The number of nitrogens with two attached hydrogens (primary N) is 1. The summed E-state index contributed by atoms with van der Waals surface area (Å²) in [7, 11) is -3.87. The van der Waals surface area contributed by atoms with Gasteiger partial charge in [-0.25, -0.2) is 12.8 Å². The second-order valence-corrected chi connectivity index (χ2v) is 7.00. The maximum absolute atomic E-state index is 13.7. The third kappa shape index (κ3) is 2.88. The fourth-order valence-electron chi connectivity index (χ4n) is 2.07. The highest BCUT2D eigenvalue weighted by Crippen LogP contribution is 2.27. The zero-order valence-electron chi connectivity index (χ0n) is 10.6. The van der Waals surface area contributed by atoms with E-state index in [0.717, 1.165) is 6.07 Å². The van der Waals surface area contributed by atoms with Gasteiger partial charge >= 0.3 is 0 Å². The molecule has 1 fully saturated rings. The van der Waals surface area contributed by atoms with E-state index in [1.54, 1.807) is 6.92 Å². The number of rotatable bonds is 2. The SMILES string of the molecule is CC1(O)CCN(S(=O)(=O)c2ccc(N)cc2F)CC1. The number of benzene rings is 1. The molecule has 0 atom stereocenters. The third-order valence-corrected chi connectivity index (χ3v) is 5.31. The second kappa shape index (κ2) is 4.73. The number of nitrogens with zero attached hydrogens (tertiary/aromatic N) is 1.